The van der Waals surface area contributed by atoms with E-state index in [0.29, 0.717) is 17.6 Å². The van der Waals surface area contributed by atoms with Crippen LogP contribution in [-0.2, 0) is 0 Å². The number of hydrogen-bond donors (Lipinski definition) is 3. The molecular formula is C12H16BrN3O3. The van der Waals surface area contributed by atoms with Crippen LogP contribution < -0.4 is 5.73 Å². The van der Waals surface area contributed by atoms with Crippen LogP contribution in [0.3, 0.4) is 0 Å². The summed E-state index contributed by atoms with van der Waals surface area (Å²) in [7, 11) is 0. The van der Waals surface area contributed by atoms with Gasteiger partial charge in [-0.2, -0.15) is 0 Å². The van der Waals surface area contributed by atoms with Crippen molar-refractivity contribution in [1.82, 2.24) is 4.90 Å². The monoisotopic (exact) mass is 329 g/mol. The number of amidine groups is 1. The maximum absolute atomic E-state index is 12.3. The predicted molar refractivity (Wildman–Crippen MR) is 75.4 cm³/mol. The summed E-state index contributed by atoms with van der Waals surface area (Å²) in [4.78, 5) is 13.8. The molecule has 0 spiro atoms. The Bertz CT molecular complexity index is 491. The molecule has 0 aliphatic carbocycles. The molecule has 1 amide bonds. The van der Waals surface area contributed by atoms with Gasteiger partial charge in [-0.05, 0) is 25.1 Å². The summed E-state index contributed by atoms with van der Waals surface area (Å²) >= 11 is 3.26. The highest BCUT2D eigenvalue weighted by atomic mass is 79.9. The molecule has 1 aromatic rings. The number of benzene rings is 1. The molecule has 6 nitrogen and oxygen atoms in total. The van der Waals surface area contributed by atoms with Gasteiger partial charge >= 0.3 is 0 Å². The lowest BCUT2D eigenvalue weighted by atomic mass is 10.1. The van der Waals surface area contributed by atoms with Crippen LogP contribution in [0.15, 0.2) is 27.8 Å². The van der Waals surface area contributed by atoms with Crippen LogP contribution in [0.25, 0.3) is 0 Å². The molecule has 4 N–H and O–H groups in total. The number of nitrogens with zero attached hydrogens (tertiary/aromatic N) is 2. The van der Waals surface area contributed by atoms with E-state index in [4.69, 9.17) is 10.9 Å². The van der Waals surface area contributed by atoms with Crippen LogP contribution >= 0.6 is 15.9 Å². The largest absolute Gasteiger partial charge is 0.507 e. The van der Waals surface area contributed by atoms with Crippen molar-refractivity contribution in [2.75, 3.05) is 13.1 Å². The molecule has 0 aliphatic rings. The first-order valence-corrected chi connectivity index (χ1v) is 6.53. The summed E-state index contributed by atoms with van der Waals surface area (Å²) in [6.07, 6.45) is 0.269. The lowest BCUT2D eigenvalue weighted by Gasteiger charge is -2.21. The normalized spacial score (nSPS) is 11.4. The van der Waals surface area contributed by atoms with Crippen LogP contribution in [0.5, 0.6) is 5.75 Å². The fourth-order valence-corrected chi connectivity index (χ4v) is 1.91. The average Bonchev–Trinajstić information content (AvgIpc) is 2.41. The lowest BCUT2D eigenvalue weighted by Crippen LogP contribution is -2.34. The topological polar surface area (TPSA) is 99.1 Å². The Hall–Kier alpha value is -1.76. The molecule has 7 heteroatoms. The quantitative estimate of drug-likeness (QED) is 0.331. The van der Waals surface area contributed by atoms with Crippen LogP contribution in [0.4, 0.5) is 0 Å². The molecule has 0 bridgehead atoms. The van der Waals surface area contributed by atoms with Crippen molar-refractivity contribution in [2.24, 2.45) is 10.9 Å². The Morgan fingerprint density at radius 1 is 1.53 bits per heavy atom. The van der Waals surface area contributed by atoms with Gasteiger partial charge in [-0.25, -0.2) is 0 Å². The number of rotatable bonds is 5. The number of aromatic hydroxyl groups is 1. The van der Waals surface area contributed by atoms with Crippen molar-refractivity contribution in [3.8, 4) is 5.75 Å². The van der Waals surface area contributed by atoms with Crippen molar-refractivity contribution in [2.45, 2.75) is 13.3 Å². The number of amides is 1. The van der Waals surface area contributed by atoms with Gasteiger partial charge in [0.1, 0.15) is 11.6 Å². The summed E-state index contributed by atoms with van der Waals surface area (Å²) in [5, 5.41) is 21.0. The molecule has 0 radical (unpaired) electrons. The van der Waals surface area contributed by atoms with E-state index in [1.807, 2.05) is 6.92 Å². The first kappa shape index (κ1) is 15.3. The maximum Gasteiger partial charge on any atom is 0.257 e. The van der Waals surface area contributed by atoms with Gasteiger partial charge in [0.15, 0.2) is 0 Å². The zero-order chi connectivity index (χ0) is 14.4. The van der Waals surface area contributed by atoms with Gasteiger partial charge in [-0.3, -0.25) is 4.79 Å². The number of phenols is 1. The third-order valence-corrected chi connectivity index (χ3v) is 3.12. The Morgan fingerprint density at radius 3 is 2.79 bits per heavy atom. The number of halogens is 1. The van der Waals surface area contributed by atoms with Crippen LogP contribution in [0.2, 0.25) is 0 Å². The first-order valence-electron chi connectivity index (χ1n) is 5.73. The zero-order valence-corrected chi connectivity index (χ0v) is 12.1. The highest BCUT2D eigenvalue weighted by molar-refractivity contribution is 9.10. The second kappa shape index (κ2) is 6.98. The van der Waals surface area contributed by atoms with E-state index in [1.54, 1.807) is 12.1 Å². The minimum absolute atomic E-state index is 0.0599. The Labute approximate surface area is 119 Å². The van der Waals surface area contributed by atoms with Crippen molar-refractivity contribution in [3.63, 3.8) is 0 Å². The van der Waals surface area contributed by atoms with Gasteiger partial charge in [0, 0.05) is 24.0 Å². The molecule has 0 saturated carbocycles. The first-order chi connectivity index (χ1) is 8.99. The molecule has 0 aliphatic heterocycles. The number of carbonyl (C=O) groups is 1. The third kappa shape index (κ3) is 4.13. The summed E-state index contributed by atoms with van der Waals surface area (Å²) < 4.78 is 0.709. The number of carbonyl (C=O) groups excluding carboxylic acids is 1. The summed E-state index contributed by atoms with van der Waals surface area (Å²) in [6, 6.07) is 4.66. The molecule has 1 rings (SSSR count). The smallest absolute Gasteiger partial charge is 0.257 e. The molecular weight excluding hydrogens is 314 g/mol. The van der Waals surface area contributed by atoms with Crippen LogP contribution in [-0.4, -0.2) is 40.0 Å². The number of oxime groups is 1. The van der Waals surface area contributed by atoms with E-state index in [-0.39, 0.29) is 29.5 Å². The fraction of sp³-hybridized carbons (Fsp3) is 0.333. The number of nitrogens with two attached hydrogens (primary N) is 1. The maximum atomic E-state index is 12.3. The molecule has 19 heavy (non-hydrogen) atoms. The minimum atomic E-state index is -0.299. The van der Waals surface area contributed by atoms with Crippen molar-refractivity contribution in [3.05, 3.63) is 28.2 Å². The van der Waals surface area contributed by atoms with E-state index in [9.17, 15) is 9.90 Å². The Morgan fingerprint density at radius 2 is 2.21 bits per heavy atom. The standard InChI is InChI=1S/C12H16BrN3O3/c1-2-16(6-5-11(14)15-19)12(18)9-7-8(13)3-4-10(9)17/h3-4,7,17,19H,2,5-6H2,1H3,(H2,14,15). The van der Waals surface area contributed by atoms with Gasteiger partial charge in [-0.1, -0.05) is 21.1 Å². The summed E-state index contributed by atoms with van der Waals surface area (Å²) in [5.41, 5.74) is 5.59. The molecule has 0 unspecified atom stereocenters. The predicted octanol–water partition coefficient (Wildman–Crippen LogP) is 1.75. The Kier molecular flexibility index (Phi) is 5.62. The Balaban J connectivity index is 2.86. The second-order valence-corrected chi connectivity index (χ2v) is 4.80. The molecule has 0 heterocycles. The summed E-state index contributed by atoms with van der Waals surface area (Å²) in [6.45, 7) is 2.60. The van der Waals surface area contributed by atoms with Gasteiger partial charge in [0.25, 0.3) is 5.91 Å². The molecule has 0 aromatic heterocycles. The molecule has 1 aromatic carbocycles. The van der Waals surface area contributed by atoms with Crippen molar-refractivity contribution >= 4 is 27.7 Å². The van der Waals surface area contributed by atoms with Gasteiger partial charge in [-0.15, -0.1) is 0 Å². The lowest BCUT2D eigenvalue weighted by molar-refractivity contribution is 0.0765. The van der Waals surface area contributed by atoms with E-state index < -0.39 is 0 Å². The van der Waals surface area contributed by atoms with E-state index >= 15 is 0 Å². The molecule has 0 saturated heterocycles. The fourth-order valence-electron chi connectivity index (χ4n) is 1.55. The van der Waals surface area contributed by atoms with Crippen molar-refractivity contribution < 1.29 is 15.1 Å². The van der Waals surface area contributed by atoms with Crippen molar-refractivity contribution in [1.29, 1.82) is 0 Å². The van der Waals surface area contributed by atoms with E-state index in [0.717, 1.165) is 0 Å². The summed E-state index contributed by atoms with van der Waals surface area (Å²) in [5.74, 6) is -0.313. The molecule has 104 valence electrons. The van der Waals surface area contributed by atoms with Gasteiger partial charge < -0.3 is 20.9 Å². The molecule has 0 atom stereocenters. The SMILES string of the molecule is CCN(CC/C(N)=N/O)C(=O)c1cc(Br)ccc1O. The highest BCUT2D eigenvalue weighted by Gasteiger charge is 2.18. The van der Waals surface area contributed by atoms with Crippen LogP contribution in [0, 0.1) is 0 Å². The average molecular weight is 330 g/mol. The van der Waals surface area contributed by atoms with Gasteiger partial charge in [0.2, 0.25) is 0 Å². The van der Waals surface area contributed by atoms with Gasteiger partial charge in [0.05, 0.1) is 5.56 Å². The third-order valence-electron chi connectivity index (χ3n) is 2.62. The molecule has 0 fully saturated rings. The second-order valence-electron chi connectivity index (χ2n) is 3.89. The minimum Gasteiger partial charge on any atom is -0.507 e. The van der Waals surface area contributed by atoms with E-state index in [2.05, 4.69) is 21.1 Å². The highest BCUT2D eigenvalue weighted by Crippen LogP contribution is 2.23. The van der Waals surface area contributed by atoms with Crippen LogP contribution in [0.1, 0.15) is 23.7 Å². The number of hydrogen-bond acceptors (Lipinski definition) is 4. The number of phenolic OH excluding ortho intramolecular Hbond substituents is 1. The zero-order valence-electron chi connectivity index (χ0n) is 10.5. The van der Waals surface area contributed by atoms with E-state index in [1.165, 1.54) is 11.0 Å².